The molecule has 0 fully saturated rings. The zero-order valence-electron chi connectivity index (χ0n) is 15.0. The maximum absolute atomic E-state index is 12.2. The highest BCUT2D eigenvalue weighted by Gasteiger charge is 2.18. The number of aliphatic carboxylic acids is 1. The van der Waals surface area contributed by atoms with Crippen LogP contribution in [0.15, 0.2) is 54.6 Å². The number of ether oxygens (including phenoxy) is 2. The van der Waals surface area contributed by atoms with Gasteiger partial charge in [-0.1, -0.05) is 29.8 Å². The summed E-state index contributed by atoms with van der Waals surface area (Å²) in [5.74, 6) is -0.928. The molecule has 3 N–H and O–H groups in total. The summed E-state index contributed by atoms with van der Waals surface area (Å²) in [4.78, 5) is 22.9. The largest absolute Gasteiger partial charge is 0.504 e. The van der Waals surface area contributed by atoms with Crippen LogP contribution in [0.3, 0.4) is 0 Å². The van der Waals surface area contributed by atoms with Gasteiger partial charge in [-0.05, 0) is 36.8 Å². The van der Waals surface area contributed by atoms with Crippen LogP contribution < -0.4 is 10.1 Å². The quantitative estimate of drug-likeness (QED) is 0.635. The van der Waals surface area contributed by atoms with Gasteiger partial charge in [-0.25, -0.2) is 9.59 Å². The fourth-order valence-corrected chi connectivity index (χ4v) is 2.37. The fraction of sp³-hybridized carbons (Fsp3) is 0.200. The lowest BCUT2D eigenvalue weighted by Crippen LogP contribution is -2.17. The van der Waals surface area contributed by atoms with Crippen LogP contribution in [0.4, 0.5) is 10.5 Å². The Hall–Kier alpha value is -3.48. The summed E-state index contributed by atoms with van der Waals surface area (Å²) in [7, 11) is 1.42. The number of benzene rings is 2. The van der Waals surface area contributed by atoms with Gasteiger partial charge in [0, 0.05) is 18.2 Å². The van der Waals surface area contributed by atoms with E-state index in [2.05, 4.69) is 5.32 Å². The van der Waals surface area contributed by atoms with Crippen molar-refractivity contribution in [2.45, 2.75) is 19.4 Å². The number of rotatable bonds is 7. The van der Waals surface area contributed by atoms with Crippen molar-refractivity contribution in [1.82, 2.24) is 0 Å². The van der Waals surface area contributed by atoms with Crippen molar-refractivity contribution in [2.24, 2.45) is 0 Å². The number of phenolic OH excluding ortho intramolecular Hbond substituents is 1. The molecule has 0 saturated carbocycles. The van der Waals surface area contributed by atoms with Gasteiger partial charge in [-0.2, -0.15) is 0 Å². The first-order valence-electron chi connectivity index (χ1n) is 8.19. The Kier molecular flexibility index (Phi) is 6.82. The van der Waals surface area contributed by atoms with E-state index in [4.69, 9.17) is 14.6 Å². The summed E-state index contributed by atoms with van der Waals surface area (Å²) >= 11 is 0. The van der Waals surface area contributed by atoms with Gasteiger partial charge in [0.15, 0.2) is 11.5 Å². The van der Waals surface area contributed by atoms with Crippen molar-refractivity contribution in [1.29, 1.82) is 0 Å². The van der Waals surface area contributed by atoms with E-state index in [1.54, 1.807) is 24.3 Å². The molecule has 7 nitrogen and oxygen atoms in total. The molecule has 2 aromatic rings. The fourth-order valence-electron chi connectivity index (χ4n) is 2.37. The Bertz CT molecular complexity index is 829. The van der Waals surface area contributed by atoms with Crippen LogP contribution in [0.25, 0.3) is 0 Å². The van der Waals surface area contributed by atoms with Crippen molar-refractivity contribution in [2.75, 3.05) is 12.4 Å². The molecule has 0 aliphatic carbocycles. The standard InChI is InChI=1S/C20H21NO6/c1-13-6-9-15(10-7-13)21-20(25)27-17(4-3-5-19(23)24)14-8-11-18(26-2)16(22)12-14/h3,5-12,17,22H,4H2,1-2H3,(H,21,25)(H,23,24)/b5-3+/t17-/m1/s1. The zero-order valence-corrected chi connectivity index (χ0v) is 15.0. The second kappa shape index (κ2) is 9.28. The number of hydrogen-bond acceptors (Lipinski definition) is 5. The van der Waals surface area contributed by atoms with E-state index in [1.807, 2.05) is 19.1 Å². The predicted molar refractivity (Wildman–Crippen MR) is 100 cm³/mol. The number of anilines is 1. The monoisotopic (exact) mass is 371 g/mol. The number of carbonyl (C=O) groups is 2. The first-order chi connectivity index (χ1) is 12.9. The molecule has 0 aromatic heterocycles. The molecule has 0 heterocycles. The Morgan fingerprint density at radius 1 is 1.19 bits per heavy atom. The van der Waals surface area contributed by atoms with E-state index in [0.29, 0.717) is 11.3 Å². The van der Waals surface area contributed by atoms with E-state index in [9.17, 15) is 14.7 Å². The Morgan fingerprint density at radius 2 is 1.89 bits per heavy atom. The minimum atomic E-state index is -1.10. The predicted octanol–water partition coefficient (Wildman–Crippen LogP) is 4.03. The molecule has 0 radical (unpaired) electrons. The van der Waals surface area contributed by atoms with Crippen molar-refractivity contribution in [3.05, 3.63) is 65.7 Å². The summed E-state index contributed by atoms with van der Waals surface area (Å²) in [5.41, 5.74) is 2.13. The number of carbonyl (C=O) groups excluding carboxylic acids is 1. The van der Waals surface area contributed by atoms with Gasteiger partial charge in [0.2, 0.25) is 0 Å². The van der Waals surface area contributed by atoms with Gasteiger partial charge in [0.1, 0.15) is 6.10 Å². The molecule has 0 unspecified atom stereocenters. The van der Waals surface area contributed by atoms with Crippen molar-refractivity contribution in [3.8, 4) is 11.5 Å². The molecular formula is C20H21NO6. The van der Waals surface area contributed by atoms with E-state index >= 15 is 0 Å². The Balaban J connectivity index is 2.15. The molecule has 1 amide bonds. The van der Waals surface area contributed by atoms with Crippen LogP contribution in [0, 0.1) is 6.92 Å². The molecular weight excluding hydrogens is 350 g/mol. The lowest BCUT2D eigenvalue weighted by molar-refractivity contribution is -0.131. The average Bonchev–Trinajstić information content (AvgIpc) is 2.62. The van der Waals surface area contributed by atoms with E-state index < -0.39 is 18.2 Å². The van der Waals surface area contributed by atoms with Crippen LogP contribution in [0.1, 0.15) is 23.7 Å². The first kappa shape index (κ1) is 19.8. The molecule has 1 atom stereocenters. The van der Waals surface area contributed by atoms with E-state index in [-0.39, 0.29) is 17.9 Å². The SMILES string of the molecule is COc1ccc([C@@H](C/C=C/C(=O)O)OC(=O)Nc2ccc(C)cc2)cc1O. The number of aromatic hydroxyl groups is 1. The van der Waals surface area contributed by atoms with Gasteiger partial charge in [0.05, 0.1) is 7.11 Å². The second-order valence-corrected chi connectivity index (χ2v) is 5.79. The third-order valence-corrected chi connectivity index (χ3v) is 3.73. The summed E-state index contributed by atoms with van der Waals surface area (Å²) < 4.78 is 10.4. The van der Waals surface area contributed by atoms with E-state index in [1.165, 1.54) is 19.3 Å². The number of carboxylic acids is 1. The van der Waals surface area contributed by atoms with Gasteiger partial charge in [-0.3, -0.25) is 5.32 Å². The van der Waals surface area contributed by atoms with Gasteiger partial charge in [0.25, 0.3) is 0 Å². The topological polar surface area (TPSA) is 105 Å². The number of methoxy groups -OCH3 is 1. The maximum atomic E-state index is 12.2. The van der Waals surface area contributed by atoms with Crippen LogP contribution in [0.2, 0.25) is 0 Å². The van der Waals surface area contributed by atoms with Crippen LogP contribution in [0.5, 0.6) is 11.5 Å². The molecule has 27 heavy (non-hydrogen) atoms. The molecule has 2 rings (SSSR count). The highest BCUT2D eigenvalue weighted by atomic mass is 16.6. The maximum Gasteiger partial charge on any atom is 0.412 e. The Labute approximate surface area is 156 Å². The zero-order chi connectivity index (χ0) is 19.8. The minimum absolute atomic E-state index is 0.107. The normalized spacial score (nSPS) is 11.8. The van der Waals surface area contributed by atoms with Gasteiger partial charge >= 0.3 is 12.1 Å². The molecule has 0 bridgehead atoms. The summed E-state index contributed by atoms with van der Waals surface area (Å²) in [6.45, 7) is 1.93. The molecule has 0 aliphatic rings. The first-order valence-corrected chi connectivity index (χ1v) is 8.19. The molecule has 0 saturated heterocycles. The van der Waals surface area contributed by atoms with Crippen LogP contribution in [-0.4, -0.2) is 29.4 Å². The number of aryl methyl sites for hydroxylation is 1. The highest BCUT2D eigenvalue weighted by molar-refractivity contribution is 5.84. The van der Waals surface area contributed by atoms with Crippen LogP contribution in [-0.2, 0) is 9.53 Å². The van der Waals surface area contributed by atoms with Gasteiger partial charge in [-0.15, -0.1) is 0 Å². The number of amides is 1. The molecule has 2 aromatic carbocycles. The third kappa shape index (κ3) is 6.07. The third-order valence-electron chi connectivity index (χ3n) is 3.73. The van der Waals surface area contributed by atoms with E-state index in [0.717, 1.165) is 11.6 Å². The second-order valence-electron chi connectivity index (χ2n) is 5.79. The number of carboxylic acid groups (broad SMARTS) is 1. The average molecular weight is 371 g/mol. The summed E-state index contributed by atoms with van der Waals surface area (Å²) in [6.07, 6.45) is 0.996. The van der Waals surface area contributed by atoms with Gasteiger partial charge < -0.3 is 19.7 Å². The van der Waals surface area contributed by atoms with Crippen molar-refractivity contribution in [3.63, 3.8) is 0 Å². The Morgan fingerprint density at radius 3 is 2.48 bits per heavy atom. The van der Waals surface area contributed by atoms with Crippen LogP contribution >= 0.6 is 0 Å². The number of phenols is 1. The lowest BCUT2D eigenvalue weighted by Gasteiger charge is -2.18. The molecule has 7 heteroatoms. The summed E-state index contributed by atoms with van der Waals surface area (Å²) in [6, 6.07) is 11.8. The lowest BCUT2D eigenvalue weighted by atomic mass is 10.1. The summed E-state index contributed by atoms with van der Waals surface area (Å²) in [5, 5.41) is 21.3. The number of nitrogens with one attached hydrogen (secondary N) is 1. The van der Waals surface area contributed by atoms with Crippen molar-refractivity contribution < 1.29 is 29.3 Å². The number of hydrogen-bond donors (Lipinski definition) is 3. The molecule has 142 valence electrons. The minimum Gasteiger partial charge on any atom is -0.504 e. The van der Waals surface area contributed by atoms with Crippen molar-refractivity contribution >= 4 is 17.7 Å². The molecule has 0 spiro atoms. The highest BCUT2D eigenvalue weighted by Crippen LogP contribution is 2.32. The smallest absolute Gasteiger partial charge is 0.412 e. The molecule has 0 aliphatic heterocycles.